The third-order valence-electron chi connectivity index (χ3n) is 2.53. The van der Waals surface area contributed by atoms with Crippen molar-refractivity contribution in [1.29, 1.82) is 0 Å². The number of aliphatic carboxylic acids is 1. The van der Waals surface area contributed by atoms with Gasteiger partial charge in [-0.3, -0.25) is 4.79 Å². The van der Waals surface area contributed by atoms with Crippen LogP contribution in [-0.2, 0) is 4.79 Å². The first-order valence-electron chi connectivity index (χ1n) is 5.15. The van der Waals surface area contributed by atoms with Crippen molar-refractivity contribution in [3.8, 4) is 11.4 Å². The lowest BCUT2D eigenvalue weighted by Crippen LogP contribution is -2.13. The van der Waals surface area contributed by atoms with Crippen molar-refractivity contribution in [2.24, 2.45) is 0 Å². The molecule has 0 bridgehead atoms. The number of hydrogen-bond acceptors (Lipinski definition) is 3. The van der Waals surface area contributed by atoms with Gasteiger partial charge in [0.25, 0.3) is 0 Å². The molecule has 1 aromatic carbocycles. The van der Waals surface area contributed by atoms with Crippen LogP contribution < -0.4 is 0 Å². The maximum atomic E-state index is 10.9. The number of nitrogens with zero attached hydrogens (tertiary/aromatic N) is 2. The number of phenolic OH excluding ortho intramolecular Hbond substituents is 1. The highest BCUT2D eigenvalue weighted by atomic mass is 16.4. The Morgan fingerprint density at radius 1 is 1.47 bits per heavy atom. The largest absolute Gasteiger partial charge is 0.508 e. The minimum Gasteiger partial charge on any atom is -0.508 e. The number of aromatic nitrogens is 2. The number of hydrogen-bond donors (Lipinski definition) is 2. The number of carbonyl (C=O) groups is 1. The molecule has 1 atom stereocenters. The maximum Gasteiger partial charge on any atom is 0.313 e. The Hall–Kier alpha value is -2.30. The predicted octanol–water partition coefficient (Wildman–Crippen LogP) is 1.77. The van der Waals surface area contributed by atoms with Gasteiger partial charge in [0.1, 0.15) is 17.5 Å². The normalized spacial score (nSPS) is 12.3. The second-order valence-electron chi connectivity index (χ2n) is 3.74. The zero-order valence-electron chi connectivity index (χ0n) is 9.24. The molecule has 2 aromatic rings. The van der Waals surface area contributed by atoms with Gasteiger partial charge in [0.2, 0.25) is 0 Å². The van der Waals surface area contributed by atoms with E-state index in [1.165, 1.54) is 0 Å². The van der Waals surface area contributed by atoms with E-state index < -0.39 is 11.9 Å². The zero-order valence-corrected chi connectivity index (χ0v) is 9.24. The van der Waals surface area contributed by atoms with Crippen molar-refractivity contribution < 1.29 is 15.0 Å². The molecule has 0 fully saturated rings. The van der Waals surface area contributed by atoms with Crippen LogP contribution in [0.15, 0.2) is 36.7 Å². The molecule has 0 saturated carbocycles. The molecule has 88 valence electrons. The first-order chi connectivity index (χ1) is 8.09. The third-order valence-corrected chi connectivity index (χ3v) is 2.53. The number of benzene rings is 1. The Morgan fingerprint density at radius 3 is 2.88 bits per heavy atom. The number of carboxylic acid groups (broad SMARTS) is 1. The molecule has 5 nitrogen and oxygen atoms in total. The molecular formula is C12H12N2O3. The summed E-state index contributed by atoms with van der Waals surface area (Å²) in [6.45, 7) is 1.57. The predicted molar refractivity (Wildman–Crippen MR) is 61.3 cm³/mol. The minimum absolute atomic E-state index is 0.130. The minimum atomic E-state index is -0.933. The van der Waals surface area contributed by atoms with Crippen LogP contribution in [0.5, 0.6) is 5.75 Å². The average molecular weight is 232 g/mol. The Kier molecular flexibility index (Phi) is 2.82. The zero-order chi connectivity index (χ0) is 12.4. The lowest BCUT2D eigenvalue weighted by Gasteiger charge is -2.10. The van der Waals surface area contributed by atoms with Crippen molar-refractivity contribution >= 4 is 5.97 Å². The highest BCUT2D eigenvalue weighted by molar-refractivity contribution is 5.74. The van der Waals surface area contributed by atoms with E-state index in [-0.39, 0.29) is 5.75 Å². The van der Waals surface area contributed by atoms with Gasteiger partial charge in [0, 0.05) is 18.5 Å². The van der Waals surface area contributed by atoms with Crippen LogP contribution in [0.25, 0.3) is 5.69 Å². The molecule has 0 aliphatic rings. The van der Waals surface area contributed by atoms with Gasteiger partial charge in [-0.1, -0.05) is 6.07 Å². The fraction of sp³-hybridized carbons (Fsp3) is 0.167. The summed E-state index contributed by atoms with van der Waals surface area (Å²) in [6.07, 6.45) is 3.21. The second kappa shape index (κ2) is 4.29. The molecule has 0 spiro atoms. The second-order valence-corrected chi connectivity index (χ2v) is 3.74. The van der Waals surface area contributed by atoms with Crippen LogP contribution in [0.3, 0.4) is 0 Å². The summed E-state index contributed by atoms with van der Waals surface area (Å²) in [4.78, 5) is 15.0. The molecule has 0 aliphatic heterocycles. The van der Waals surface area contributed by atoms with Gasteiger partial charge in [-0.25, -0.2) is 4.98 Å². The van der Waals surface area contributed by atoms with Crippen LogP contribution in [0.4, 0.5) is 0 Å². The fourth-order valence-corrected chi connectivity index (χ4v) is 1.61. The van der Waals surface area contributed by atoms with E-state index in [0.717, 1.165) is 0 Å². The maximum absolute atomic E-state index is 10.9. The Labute approximate surface area is 98.0 Å². The highest BCUT2D eigenvalue weighted by Gasteiger charge is 2.19. The van der Waals surface area contributed by atoms with Crippen LogP contribution in [-0.4, -0.2) is 25.7 Å². The van der Waals surface area contributed by atoms with Crippen LogP contribution >= 0.6 is 0 Å². The molecule has 1 heterocycles. The van der Waals surface area contributed by atoms with Gasteiger partial charge >= 0.3 is 5.97 Å². The fourth-order valence-electron chi connectivity index (χ4n) is 1.61. The van der Waals surface area contributed by atoms with Crippen molar-refractivity contribution in [3.05, 3.63) is 42.5 Å². The molecule has 17 heavy (non-hydrogen) atoms. The van der Waals surface area contributed by atoms with E-state index in [1.807, 2.05) is 0 Å². The molecular weight excluding hydrogens is 220 g/mol. The Balaban J connectivity index is 2.47. The summed E-state index contributed by atoms with van der Waals surface area (Å²) in [6, 6.07) is 6.58. The molecule has 0 saturated heterocycles. The topological polar surface area (TPSA) is 75.3 Å². The van der Waals surface area contributed by atoms with Crippen molar-refractivity contribution in [1.82, 2.24) is 9.55 Å². The van der Waals surface area contributed by atoms with E-state index >= 15 is 0 Å². The summed E-state index contributed by atoms with van der Waals surface area (Å²) in [5.74, 6) is -1.07. The standard InChI is InChI=1S/C12H12N2O3/c1-8(12(16)17)11-13-5-6-14(11)9-3-2-4-10(15)7-9/h2-8,15H,1H3,(H,16,17). The smallest absolute Gasteiger partial charge is 0.313 e. The molecule has 0 radical (unpaired) electrons. The molecule has 0 aliphatic carbocycles. The van der Waals surface area contributed by atoms with Crippen molar-refractivity contribution in [2.45, 2.75) is 12.8 Å². The summed E-state index contributed by atoms with van der Waals surface area (Å²) in [5, 5.41) is 18.4. The molecule has 1 unspecified atom stereocenters. The summed E-state index contributed by atoms with van der Waals surface area (Å²) < 4.78 is 1.65. The molecule has 1 aromatic heterocycles. The van der Waals surface area contributed by atoms with Crippen LogP contribution in [0, 0.1) is 0 Å². The summed E-state index contributed by atoms with van der Waals surface area (Å²) >= 11 is 0. The number of phenols is 1. The quantitative estimate of drug-likeness (QED) is 0.845. The van der Waals surface area contributed by atoms with Crippen molar-refractivity contribution in [3.63, 3.8) is 0 Å². The van der Waals surface area contributed by atoms with Crippen LogP contribution in [0.1, 0.15) is 18.7 Å². The van der Waals surface area contributed by atoms with Crippen molar-refractivity contribution in [2.75, 3.05) is 0 Å². The number of imidazole rings is 1. The Morgan fingerprint density at radius 2 is 2.24 bits per heavy atom. The third kappa shape index (κ3) is 2.13. The van der Waals surface area contributed by atoms with E-state index in [9.17, 15) is 9.90 Å². The van der Waals surface area contributed by atoms with Gasteiger partial charge < -0.3 is 14.8 Å². The molecule has 5 heteroatoms. The molecule has 2 rings (SSSR count). The monoisotopic (exact) mass is 232 g/mol. The van der Waals surface area contributed by atoms with Gasteiger partial charge in [-0.15, -0.1) is 0 Å². The lowest BCUT2D eigenvalue weighted by molar-refractivity contribution is -0.138. The van der Waals surface area contributed by atoms with Gasteiger partial charge in [-0.05, 0) is 19.1 Å². The first-order valence-corrected chi connectivity index (χ1v) is 5.15. The van der Waals surface area contributed by atoms with Gasteiger partial charge in [0.15, 0.2) is 0 Å². The number of rotatable bonds is 3. The Bertz CT molecular complexity index is 548. The SMILES string of the molecule is CC(C(=O)O)c1nccn1-c1cccc(O)c1. The first kappa shape index (κ1) is 11.2. The summed E-state index contributed by atoms with van der Waals surface area (Å²) in [7, 11) is 0. The number of aromatic hydroxyl groups is 1. The van der Waals surface area contributed by atoms with Gasteiger partial charge in [-0.2, -0.15) is 0 Å². The lowest BCUT2D eigenvalue weighted by atomic mass is 10.1. The molecule has 0 amide bonds. The van der Waals surface area contributed by atoms with Crippen LogP contribution in [0.2, 0.25) is 0 Å². The van der Waals surface area contributed by atoms with E-state index in [4.69, 9.17) is 5.11 Å². The molecule has 2 N–H and O–H groups in total. The van der Waals surface area contributed by atoms with Gasteiger partial charge in [0.05, 0.1) is 5.69 Å². The highest BCUT2D eigenvalue weighted by Crippen LogP contribution is 2.21. The van der Waals surface area contributed by atoms with E-state index in [1.54, 1.807) is 48.1 Å². The van der Waals surface area contributed by atoms with E-state index in [0.29, 0.717) is 11.5 Å². The van der Waals surface area contributed by atoms with E-state index in [2.05, 4.69) is 4.98 Å². The average Bonchev–Trinajstić information content (AvgIpc) is 2.76. The summed E-state index contributed by atoms with van der Waals surface area (Å²) in [5.41, 5.74) is 0.686. The number of carboxylic acids is 1.